The Hall–Kier alpha value is -2.12. The standard InChI is InChI=1S/C17H21N3O3S/c1-22-14-6-5-11(8-15(14)23-2)13-4-3-7-20(13)17(21)12-10-24-16(9-18)19-12/h5-6,8,10,13H,3-4,7,9,18H2,1-2H3. The Morgan fingerprint density at radius 1 is 1.38 bits per heavy atom. The van der Waals surface area contributed by atoms with Gasteiger partial charge in [0.25, 0.3) is 5.91 Å². The van der Waals surface area contributed by atoms with Gasteiger partial charge < -0.3 is 20.1 Å². The fourth-order valence-electron chi connectivity index (χ4n) is 3.07. The molecule has 1 aliphatic rings. The van der Waals surface area contributed by atoms with E-state index in [4.69, 9.17) is 15.2 Å². The molecule has 0 aliphatic carbocycles. The monoisotopic (exact) mass is 347 g/mol. The zero-order valence-electron chi connectivity index (χ0n) is 13.8. The average molecular weight is 347 g/mol. The molecular weight excluding hydrogens is 326 g/mol. The summed E-state index contributed by atoms with van der Waals surface area (Å²) in [7, 11) is 3.23. The third-order valence-electron chi connectivity index (χ3n) is 4.25. The molecule has 1 aromatic heterocycles. The van der Waals surface area contributed by atoms with Crippen LogP contribution in [-0.4, -0.2) is 36.6 Å². The van der Waals surface area contributed by atoms with Gasteiger partial charge in [0.1, 0.15) is 10.7 Å². The summed E-state index contributed by atoms with van der Waals surface area (Å²) in [6, 6.07) is 5.84. The van der Waals surface area contributed by atoms with Gasteiger partial charge in [0.05, 0.1) is 20.3 Å². The zero-order chi connectivity index (χ0) is 17.1. The molecule has 0 bridgehead atoms. The molecule has 128 valence electrons. The first-order valence-corrected chi connectivity index (χ1v) is 8.73. The van der Waals surface area contributed by atoms with E-state index in [0.717, 1.165) is 30.0 Å². The van der Waals surface area contributed by atoms with Crippen molar-refractivity contribution in [2.24, 2.45) is 5.73 Å². The van der Waals surface area contributed by atoms with E-state index in [2.05, 4.69) is 4.98 Å². The van der Waals surface area contributed by atoms with Gasteiger partial charge >= 0.3 is 0 Å². The molecule has 1 aromatic carbocycles. The molecule has 1 aliphatic heterocycles. The van der Waals surface area contributed by atoms with Gasteiger partial charge in [-0.05, 0) is 30.5 Å². The number of nitrogens with two attached hydrogens (primary N) is 1. The SMILES string of the molecule is COc1ccc(C2CCCN2C(=O)c2csc(CN)n2)cc1OC. The van der Waals surface area contributed by atoms with Crippen LogP contribution in [0.4, 0.5) is 0 Å². The second-order valence-corrected chi connectivity index (χ2v) is 6.54. The lowest BCUT2D eigenvalue weighted by atomic mass is 10.0. The minimum Gasteiger partial charge on any atom is -0.493 e. The highest BCUT2D eigenvalue weighted by Gasteiger charge is 2.32. The molecule has 0 radical (unpaired) electrons. The number of carbonyl (C=O) groups is 1. The van der Waals surface area contributed by atoms with Gasteiger partial charge in [-0.3, -0.25) is 4.79 Å². The molecule has 24 heavy (non-hydrogen) atoms. The lowest BCUT2D eigenvalue weighted by molar-refractivity contribution is 0.0730. The molecule has 2 heterocycles. The minimum absolute atomic E-state index is 0.0281. The molecule has 1 saturated heterocycles. The Bertz CT molecular complexity index is 732. The number of ether oxygens (including phenoxy) is 2. The number of nitrogens with zero attached hydrogens (tertiary/aromatic N) is 2. The van der Waals surface area contributed by atoms with Crippen molar-refractivity contribution < 1.29 is 14.3 Å². The smallest absolute Gasteiger partial charge is 0.273 e. The van der Waals surface area contributed by atoms with Crippen LogP contribution in [-0.2, 0) is 6.54 Å². The average Bonchev–Trinajstić information content (AvgIpc) is 3.29. The number of carbonyl (C=O) groups excluding carboxylic acids is 1. The first-order chi connectivity index (χ1) is 11.7. The van der Waals surface area contributed by atoms with Gasteiger partial charge in [0.2, 0.25) is 0 Å². The summed E-state index contributed by atoms with van der Waals surface area (Å²) in [6.07, 6.45) is 1.90. The van der Waals surface area contributed by atoms with Crippen LogP contribution in [0.2, 0.25) is 0 Å². The van der Waals surface area contributed by atoms with E-state index < -0.39 is 0 Å². The number of hydrogen-bond acceptors (Lipinski definition) is 6. The molecule has 7 heteroatoms. The van der Waals surface area contributed by atoms with Crippen LogP contribution < -0.4 is 15.2 Å². The molecule has 6 nitrogen and oxygen atoms in total. The van der Waals surface area contributed by atoms with Crippen molar-refractivity contribution in [2.45, 2.75) is 25.4 Å². The largest absolute Gasteiger partial charge is 0.493 e. The third-order valence-corrected chi connectivity index (χ3v) is 5.12. The third kappa shape index (κ3) is 3.09. The molecule has 2 N–H and O–H groups in total. The summed E-state index contributed by atoms with van der Waals surface area (Å²) >= 11 is 1.42. The summed E-state index contributed by atoms with van der Waals surface area (Å²) in [5.41, 5.74) is 7.12. The summed E-state index contributed by atoms with van der Waals surface area (Å²) in [5, 5.41) is 2.56. The van der Waals surface area contributed by atoms with Crippen LogP contribution in [0.25, 0.3) is 0 Å². The predicted octanol–water partition coefficient (Wildman–Crippen LogP) is 2.60. The zero-order valence-corrected chi connectivity index (χ0v) is 14.6. The Labute approximate surface area is 145 Å². The molecule has 2 aromatic rings. The topological polar surface area (TPSA) is 77.7 Å². The molecule has 0 spiro atoms. The Balaban J connectivity index is 1.86. The van der Waals surface area contributed by atoms with Crippen molar-refractivity contribution in [3.05, 3.63) is 39.8 Å². The number of likely N-dealkylation sites (tertiary alicyclic amines) is 1. The second-order valence-electron chi connectivity index (χ2n) is 5.60. The number of amides is 1. The van der Waals surface area contributed by atoms with Gasteiger partial charge in [-0.2, -0.15) is 0 Å². The molecule has 0 saturated carbocycles. The lowest BCUT2D eigenvalue weighted by Crippen LogP contribution is -2.30. The summed E-state index contributed by atoms with van der Waals surface area (Å²) in [6.45, 7) is 1.09. The fraction of sp³-hybridized carbons (Fsp3) is 0.412. The molecule has 1 atom stereocenters. The van der Waals surface area contributed by atoms with E-state index in [1.54, 1.807) is 19.6 Å². The maximum Gasteiger partial charge on any atom is 0.273 e. The fourth-order valence-corrected chi connectivity index (χ4v) is 3.71. The number of thiazole rings is 1. The summed E-state index contributed by atoms with van der Waals surface area (Å²) in [5.74, 6) is 1.32. The highest BCUT2D eigenvalue weighted by Crippen LogP contribution is 2.37. The highest BCUT2D eigenvalue weighted by atomic mass is 32.1. The van der Waals surface area contributed by atoms with Gasteiger partial charge in [-0.25, -0.2) is 4.98 Å². The lowest BCUT2D eigenvalue weighted by Gasteiger charge is -2.25. The second kappa shape index (κ2) is 7.19. The van der Waals surface area contributed by atoms with Crippen LogP contribution in [0.3, 0.4) is 0 Å². The Kier molecular flexibility index (Phi) is 5.01. The Morgan fingerprint density at radius 2 is 2.17 bits per heavy atom. The van der Waals surface area contributed by atoms with Crippen molar-refractivity contribution >= 4 is 17.2 Å². The van der Waals surface area contributed by atoms with Crippen LogP contribution in [0.15, 0.2) is 23.6 Å². The van der Waals surface area contributed by atoms with E-state index >= 15 is 0 Å². The summed E-state index contributed by atoms with van der Waals surface area (Å²) < 4.78 is 10.7. The number of rotatable bonds is 5. The van der Waals surface area contributed by atoms with Gasteiger partial charge in [-0.15, -0.1) is 11.3 Å². The van der Waals surface area contributed by atoms with E-state index in [-0.39, 0.29) is 11.9 Å². The highest BCUT2D eigenvalue weighted by molar-refractivity contribution is 7.09. The minimum atomic E-state index is -0.0387. The van der Waals surface area contributed by atoms with Crippen molar-refractivity contribution in [1.82, 2.24) is 9.88 Å². The maximum atomic E-state index is 12.8. The van der Waals surface area contributed by atoms with Crippen LogP contribution in [0, 0.1) is 0 Å². The molecule has 1 amide bonds. The molecule has 1 unspecified atom stereocenters. The normalized spacial score (nSPS) is 17.1. The van der Waals surface area contributed by atoms with E-state index in [9.17, 15) is 4.79 Å². The van der Waals surface area contributed by atoms with Crippen LogP contribution in [0.1, 0.15) is 39.9 Å². The number of aromatic nitrogens is 1. The van der Waals surface area contributed by atoms with Crippen molar-refractivity contribution in [2.75, 3.05) is 20.8 Å². The van der Waals surface area contributed by atoms with Crippen molar-refractivity contribution in [3.63, 3.8) is 0 Å². The van der Waals surface area contributed by atoms with Gasteiger partial charge in [0, 0.05) is 18.5 Å². The van der Waals surface area contributed by atoms with Crippen molar-refractivity contribution in [3.8, 4) is 11.5 Å². The molecular formula is C17H21N3O3S. The van der Waals surface area contributed by atoms with E-state index in [0.29, 0.717) is 23.7 Å². The van der Waals surface area contributed by atoms with Crippen molar-refractivity contribution in [1.29, 1.82) is 0 Å². The first kappa shape index (κ1) is 16.7. The maximum absolute atomic E-state index is 12.8. The number of methoxy groups -OCH3 is 2. The molecule has 1 fully saturated rings. The molecule has 3 rings (SSSR count). The quantitative estimate of drug-likeness (QED) is 0.899. The first-order valence-electron chi connectivity index (χ1n) is 7.85. The van der Waals surface area contributed by atoms with E-state index in [1.807, 2.05) is 23.1 Å². The Morgan fingerprint density at radius 3 is 2.83 bits per heavy atom. The summed E-state index contributed by atoms with van der Waals surface area (Å²) in [4.78, 5) is 19.0. The van der Waals surface area contributed by atoms with E-state index in [1.165, 1.54) is 11.3 Å². The number of hydrogen-bond donors (Lipinski definition) is 1. The number of benzene rings is 1. The van der Waals surface area contributed by atoms with Gasteiger partial charge in [-0.1, -0.05) is 6.07 Å². The van der Waals surface area contributed by atoms with Crippen LogP contribution >= 0.6 is 11.3 Å². The van der Waals surface area contributed by atoms with Gasteiger partial charge in [0.15, 0.2) is 11.5 Å². The predicted molar refractivity (Wildman–Crippen MR) is 92.6 cm³/mol. The van der Waals surface area contributed by atoms with Crippen LogP contribution in [0.5, 0.6) is 11.5 Å².